The number of carbonyl (C=O) groups excluding carboxylic acids is 2. The van der Waals surface area contributed by atoms with Gasteiger partial charge in [-0.25, -0.2) is 13.1 Å². The van der Waals surface area contributed by atoms with E-state index in [4.69, 9.17) is 4.74 Å². The minimum atomic E-state index is -3.57. The number of hydrogen-bond donors (Lipinski definition) is 2. The lowest BCUT2D eigenvalue weighted by Gasteiger charge is -2.32. The lowest BCUT2D eigenvalue weighted by Crippen LogP contribution is -2.50. The first-order chi connectivity index (χ1) is 21.3. The lowest BCUT2D eigenvalue weighted by atomic mass is 10.0. The summed E-state index contributed by atoms with van der Waals surface area (Å²) in [6.45, 7) is 2.52. The molecule has 4 aromatic rings. The molecule has 1 aromatic heterocycles. The highest BCUT2D eigenvalue weighted by Gasteiger charge is 2.30. The van der Waals surface area contributed by atoms with E-state index in [1.54, 1.807) is 43.5 Å². The third-order valence-corrected chi connectivity index (χ3v) is 8.73. The van der Waals surface area contributed by atoms with Crippen molar-refractivity contribution in [1.82, 2.24) is 19.9 Å². The molecule has 230 valence electrons. The second-order valence-corrected chi connectivity index (χ2v) is 12.1. The molecule has 0 aliphatic rings. The van der Waals surface area contributed by atoms with E-state index in [1.165, 1.54) is 12.1 Å². The molecule has 0 bridgehead atoms. The molecule has 3 aromatic carbocycles. The van der Waals surface area contributed by atoms with Gasteiger partial charge in [0.05, 0.1) is 12.0 Å². The number of sulfonamides is 1. The SMILES string of the molecule is CCNS(=O)(=O)c1ccc(CCC(=O)N(Cc2ccc(OC)cc2)[C@H](Cc2ccccc2)C(=O)NCc2cccnc2)cc1. The van der Waals surface area contributed by atoms with Crippen LogP contribution in [0.1, 0.15) is 35.6 Å². The molecule has 0 radical (unpaired) electrons. The Morgan fingerprint density at radius 1 is 0.864 bits per heavy atom. The zero-order valence-corrected chi connectivity index (χ0v) is 25.8. The van der Waals surface area contributed by atoms with Crippen molar-refractivity contribution < 1.29 is 22.7 Å². The summed E-state index contributed by atoms with van der Waals surface area (Å²) in [5.74, 6) is 0.237. The Labute approximate surface area is 259 Å². The van der Waals surface area contributed by atoms with E-state index in [2.05, 4.69) is 15.0 Å². The third-order valence-electron chi connectivity index (χ3n) is 7.17. The zero-order valence-electron chi connectivity index (χ0n) is 25.0. The van der Waals surface area contributed by atoms with Gasteiger partial charge in [0.15, 0.2) is 0 Å². The summed E-state index contributed by atoms with van der Waals surface area (Å²) in [6, 6.07) is 26.5. The molecule has 4 rings (SSSR count). The summed E-state index contributed by atoms with van der Waals surface area (Å²) >= 11 is 0. The quantitative estimate of drug-likeness (QED) is 0.207. The lowest BCUT2D eigenvalue weighted by molar-refractivity contribution is -0.141. The number of ether oxygens (including phenoxy) is 1. The fourth-order valence-electron chi connectivity index (χ4n) is 4.79. The van der Waals surface area contributed by atoms with E-state index in [0.29, 0.717) is 25.1 Å². The Morgan fingerprint density at radius 2 is 1.55 bits per heavy atom. The molecule has 0 saturated heterocycles. The molecule has 2 amide bonds. The topological polar surface area (TPSA) is 118 Å². The predicted octanol–water partition coefficient (Wildman–Crippen LogP) is 4.28. The molecular formula is C34H38N4O5S. The first-order valence-corrected chi connectivity index (χ1v) is 16.0. The van der Waals surface area contributed by atoms with Crippen molar-refractivity contribution in [2.24, 2.45) is 0 Å². The highest BCUT2D eigenvalue weighted by Crippen LogP contribution is 2.20. The second kappa shape index (κ2) is 15.8. The van der Waals surface area contributed by atoms with Gasteiger partial charge >= 0.3 is 0 Å². The molecule has 0 fully saturated rings. The standard InChI is InChI=1S/C34H38N4O5S/c1-3-37-44(41,42)31-18-13-26(14-19-31)15-20-33(39)38(25-28-11-16-30(43-2)17-12-28)32(22-27-8-5-4-6-9-27)34(40)36-24-29-10-7-21-35-23-29/h4-14,16-19,21,23,32,37H,3,15,20,22,24-25H2,1-2H3,(H,36,40)/t32-/m1/s1. The van der Waals surface area contributed by atoms with Gasteiger partial charge in [0.25, 0.3) is 0 Å². The number of aryl methyl sites for hydroxylation is 1. The monoisotopic (exact) mass is 614 g/mol. The minimum Gasteiger partial charge on any atom is -0.497 e. The maximum absolute atomic E-state index is 14.0. The van der Waals surface area contributed by atoms with Crippen molar-refractivity contribution in [3.8, 4) is 5.75 Å². The van der Waals surface area contributed by atoms with Crippen LogP contribution in [-0.2, 0) is 45.5 Å². The molecule has 9 nitrogen and oxygen atoms in total. The normalized spacial score (nSPS) is 11.9. The van der Waals surface area contributed by atoms with Crippen molar-refractivity contribution in [2.45, 2.75) is 50.2 Å². The maximum Gasteiger partial charge on any atom is 0.243 e. The number of hydrogen-bond acceptors (Lipinski definition) is 6. The fraction of sp³-hybridized carbons (Fsp3) is 0.265. The van der Waals surface area contributed by atoms with Gasteiger partial charge in [-0.15, -0.1) is 0 Å². The van der Waals surface area contributed by atoms with Crippen LogP contribution in [0.25, 0.3) is 0 Å². The number of benzene rings is 3. The van der Waals surface area contributed by atoms with Gasteiger partial charge in [-0.05, 0) is 59.0 Å². The largest absolute Gasteiger partial charge is 0.497 e. The number of carbonyl (C=O) groups is 2. The Bertz CT molecular complexity index is 1600. The van der Waals surface area contributed by atoms with Crippen molar-refractivity contribution in [3.05, 3.63) is 126 Å². The summed E-state index contributed by atoms with van der Waals surface area (Å²) in [6.07, 6.45) is 4.22. The van der Waals surface area contributed by atoms with Crippen molar-refractivity contribution in [2.75, 3.05) is 13.7 Å². The zero-order chi connectivity index (χ0) is 31.4. The van der Waals surface area contributed by atoms with E-state index in [0.717, 1.165) is 22.3 Å². The van der Waals surface area contributed by atoms with Gasteiger partial charge in [-0.3, -0.25) is 14.6 Å². The number of rotatable bonds is 15. The molecule has 0 spiro atoms. The molecule has 44 heavy (non-hydrogen) atoms. The smallest absolute Gasteiger partial charge is 0.243 e. The molecule has 0 saturated carbocycles. The number of pyridine rings is 1. The van der Waals surface area contributed by atoms with E-state index in [-0.39, 0.29) is 36.2 Å². The second-order valence-electron chi connectivity index (χ2n) is 10.3. The highest BCUT2D eigenvalue weighted by atomic mass is 32.2. The fourth-order valence-corrected chi connectivity index (χ4v) is 5.84. The van der Waals surface area contributed by atoms with Crippen LogP contribution in [0.3, 0.4) is 0 Å². The highest BCUT2D eigenvalue weighted by molar-refractivity contribution is 7.89. The van der Waals surface area contributed by atoms with E-state index in [1.807, 2.05) is 66.7 Å². The Kier molecular flexibility index (Phi) is 11.6. The molecule has 1 heterocycles. The van der Waals surface area contributed by atoms with Gasteiger partial charge in [0.2, 0.25) is 21.8 Å². The number of nitrogens with one attached hydrogen (secondary N) is 2. The molecule has 0 aliphatic heterocycles. The molecule has 2 N–H and O–H groups in total. The van der Waals surface area contributed by atoms with E-state index < -0.39 is 16.1 Å². The molecule has 10 heteroatoms. The average molecular weight is 615 g/mol. The maximum atomic E-state index is 14.0. The van der Waals surface area contributed by atoms with Crippen LogP contribution >= 0.6 is 0 Å². The Hall–Kier alpha value is -4.54. The summed E-state index contributed by atoms with van der Waals surface area (Å²) in [5, 5.41) is 3.01. The van der Waals surface area contributed by atoms with Crippen LogP contribution in [0.15, 0.2) is 108 Å². The summed E-state index contributed by atoms with van der Waals surface area (Å²) in [5.41, 5.74) is 3.46. The van der Waals surface area contributed by atoms with Crippen LogP contribution in [-0.4, -0.2) is 49.8 Å². The van der Waals surface area contributed by atoms with Crippen LogP contribution in [0.2, 0.25) is 0 Å². The summed E-state index contributed by atoms with van der Waals surface area (Å²) < 4.78 is 32.4. The van der Waals surface area contributed by atoms with Gasteiger partial charge in [-0.1, -0.05) is 67.6 Å². The molecule has 1 atom stereocenters. The van der Waals surface area contributed by atoms with Gasteiger partial charge in [0, 0.05) is 44.9 Å². The number of aromatic nitrogens is 1. The van der Waals surface area contributed by atoms with Crippen LogP contribution in [0.4, 0.5) is 0 Å². The van der Waals surface area contributed by atoms with Gasteiger partial charge in [-0.2, -0.15) is 0 Å². The number of amides is 2. The van der Waals surface area contributed by atoms with Crippen molar-refractivity contribution >= 4 is 21.8 Å². The summed E-state index contributed by atoms with van der Waals surface area (Å²) in [4.78, 5) is 33.7. The van der Waals surface area contributed by atoms with E-state index in [9.17, 15) is 18.0 Å². The van der Waals surface area contributed by atoms with Gasteiger partial charge < -0.3 is 15.0 Å². The van der Waals surface area contributed by atoms with Crippen LogP contribution in [0.5, 0.6) is 5.75 Å². The molecular weight excluding hydrogens is 576 g/mol. The van der Waals surface area contributed by atoms with Crippen molar-refractivity contribution in [1.29, 1.82) is 0 Å². The number of methoxy groups -OCH3 is 1. The first kappa shape index (κ1) is 32.4. The Balaban J connectivity index is 1.59. The average Bonchev–Trinajstić information content (AvgIpc) is 3.05. The predicted molar refractivity (Wildman–Crippen MR) is 169 cm³/mol. The van der Waals surface area contributed by atoms with E-state index >= 15 is 0 Å². The Morgan fingerprint density at radius 3 is 2.18 bits per heavy atom. The molecule has 0 aliphatic carbocycles. The van der Waals surface area contributed by atoms with Crippen LogP contribution < -0.4 is 14.8 Å². The number of nitrogens with zero attached hydrogens (tertiary/aromatic N) is 2. The van der Waals surface area contributed by atoms with Crippen LogP contribution in [0, 0.1) is 0 Å². The summed E-state index contributed by atoms with van der Waals surface area (Å²) in [7, 11) is -1.98. The van der Waals surface area contributed by atoms with Gasteiger partial charge in [0.1, 0.15) is 11.8 Å². The third kappa shape index (κ3) is 9.23. The van der Waals surface area contributed by atoms with Crippen molar-refractivity contribution in [3.63, 3.8) is 0 Å². The molecule has 0 unspecified atom stereocenters. The minimum absolute atomic E-state index is 0.136. The first-order valence-electron chi connectivity index (χ1n) is 14.5.